The number of nitrogens with zero attached hydrogens (tertiary/aromatic N) is 1. The van der Waals surface area contributed by atoms with Crippen molar-refractivity contribution in [1.29, 1.82) is 0 Å². The molecule has 0 saturated heterocycles. The van der Waals surface area contributed by atoms with Crippen LogP contribution in [0, 0.1) is 0 Å². The molecule has 366 valence electrons. The standard InChI is InChI=1S/C72H73N/c1-5-9-11-13-15-20-33-62-61-35-22-23-36-63(61)65-50-49-59(51-68(65)64(62)34-21-16-14-12-10-6-2)73(70-40-27-25-32-60(70)55-29-18-17-19-30-55)52-56-31-28-38-67-66-37-24-26-39-69(66)72(71(56)67,57-45-41-53(7-3)42-46-57)58-47-43-54(8-4)44-48-58/h7-8,17-19,22-32,35-51H,3-6,9-16,20-21,33-34,52H2,1-2H3. The van der Waals surface area contributed by atoms with Crippen LogP contribution < -0.4 is 4.90 Å². The Balaban J connectivity index is 1.20. The fourth-order valence-electron chi connectivity index (χ4n) is 12.4. The number of hydrogen-bond acceptors (Lipinski definition) is 1. The third kappa shape index (κ3) is 9.88. The number of anilines is 2. The van der Waals surface area contributed by atoms with E-state index in [2.05, 4.69) is 220 Å². The molecule has 9 aromatic carbocycles. The molecule has 0 radical (unpaired) electrons. The number of benzene rings is 9. The molecule has 0 aromatic heterocycles. The van der Waals surface area contributed by atoms with Crippen molar-refractivity contribution in [2.45, 2.75) is 116 Å². The van der Waals surface area contributed by atoms with E-state index in [1.54, 1.807) is 11.1 Å². The highest BCUT2D eigenvalue weighted by atomic mass is 15.1. The van der Waals surface area contributed by atoms with E-state index in [0.717, 1.165) is 24.0 Å². The summed E-state index contributed by atoms with van der Waals surface area (Å²) in [6, 6.07) is 71.3. The predicted octanol–water partition coefficient (Wildman–Crippen LogP) is 20.5. The van der Waals surface area contributed by atoms with Crippen molar-refractivity contribution in [2.24, 2.45) is 0 Å². The first kappa shape index (κ1) is 49.4. The summed E-state index contributed by atoms with van der Waals surface area (Å²) in [6.45, 7) is 13.6. The van der Waals surface area contributed by atoms with Crippen LogP contribution in [0.15, 0.2) is 201 Å². The molecule has 0 atom stereocenters. The summed E-state index contributed by atoms with van der Waals surface area (Å²) < 4.78 is 0. The minimum Gasteiger partial charge on any atom is -0.336 e. The maximum atomic E-state index is 4.14. The number of aryl methyl sites for hydroxylation is 2. The van der Waals surface area contributed by atoms with Crippen molar-refractivity contribution >= 4 is 45.1 Å². The third-order valence-corrected chi connectivity index (χ3v) is 16.0. The first-order valence-corrected chi connectivity index (χ1v) is 27.6. The summed E-state index contributed by atoms with van der Waals surface area (Å²) in [5, 5.41) is 5.60. The van der Waals surface area contributed by atoms with E-state index in [9.17, 15) is 0 Å². The molecule has 0 spiro atoms. The number of para-hydroxylation sites is 1. The molecule has 9 aromatic rings. The lowest BCUT2D eigenvalue weighted by Crippen LogP contribution is -2.31. The molecule has 0 fully saturated rings. The van der Waals surface area contributed by atoms with Crippen LogP contribution in [0.5, 0.6) is 0 Å². The lowest BCUT2D eigenvalue weighted by molar-refractivity contribution is 0.600. The van der Waals surface area contributed by atoms with Crippen LogP contribution in [-0.4, -0.2) is 0 Å². The van der Waals surface area contributed by atoms with E-state index in [1.165, 1.54) is 160 Å². The van der Waals surface area contributed by atoms with Gasteiger partial charge in [0.05, 0.1) is 5.41 Å². The molecule has 0 saturated carbocycles. The van der Waals surface area contributed by atoms with Crippen LogP contribution in [0.3, 0.4) is 0 Å². The molecule has 0 N–H and O–H groups in total. The highest BCUT2D eigenvalue weighted by molar-refractivity contribution is 6.12. The van der Waals surface area contributed by atoms with E-state index in [-0.39, 0.29) is 0 Å². The monoisotopic (exact) mass is 952 g/mol. The van der Waals surface area contributed by atoms with Gasteiger partial charge in [0.2, 0.25) is 0 Å². The Hall–Kier alpha value is -7.22. The van der Waals surface area contributed by atoms with Crippen LogP contribution in [0.25, 0.3) is 56.0 Å². The molecule has 73 heavy (non-hydrogen) atoms. The van der Waals surface area contributed by atoms with Gasteiger partial charge < -0.3 is 4.90 Å². The number of hydrogen-bond donors (Lipinski definition) is 0. The van der Waals surface area contributed by atoms with Gasteiger partial charge in [-0.3, -0.25) is 0 Å². The van der Waals surface area contributed by atoms with Crippen LogP contribution >= 0.6 is 0 Å². The van der Waals surface area contributed by atoms with Gasteiger partial charge in [-0.1, -0.05) is 273 Å². The predicted molar refractivity (Wildman–Crippen MR) is 317 cm³/mol. The Labute approximate surface area is 437 Å². The van der Waals surface area contributed by atoms with E-state index < -0.39 is 5.41 Å². The topological polar surface area (TPSA) is 3.24 Å². The summed E-state index contributed by atoms with van der Waals surface area (Å²) in [6.07, 6.45) is 21.6. The van der Waals surface area contributed by atoms with Gasteiger partial charge in [-0.05, 0) is 132 Å². The zero-order chi connectivity index (χ0) is 50.0. The van der Waals surface area contributed by atoms with Gasteiger partial charge >= 0.3 is 0 Å². The number of unbranched alkanes of at least 4 members (excludes halogenated alkanes) is 10. The second-order valence-electron chi connectivity index (χ2n) is 20.5. The molecule has 1 aliphatic carbocycles. The van der Waals surface area contributed by atoms with Gasteiger partial charge in [-0.25, -0.2) is 0 Å². The molecule has 0 bridgehead atoms. The molecule has 10 rings (SSSR count). The summed E-state index contributed by atoms with van der Waals surface area (Å²) in [5.74, 6) is 0. The van der Waals surface area contributed by atoms with Crippen LogP contribution in [0.4, 0.5) is 11.4 Å². The largest absolute Gasteiger partial charge is 0.336 e. The minimum atomic E-state index is -0.593. The SMILES string of the molecule is C=Cc1ccc(C2(c3ccc(C=C)cc3)c3ccccc3-c3cccc(CN(c4ccc5c(c4)c(CCCCCCCC)c(CCCCCCCC)c4ccccc45)c4ccccc4-c4ccccc4)c32)cc1. The van der Waals surface area contributed by atoms with Gasteiger partial charge in [0.25, 0.3) is 0 Å². The molecule has 1 heteroatoms. The summed E-state index contributed by atoms with van der Waals surface area (Å²) in [4.78, 5) is 2.64. The minimum absolute atomic E-state index is 0.593. The van der Waals surface area contributed by atoms with E-state index in [1.807, 2.05) is 12.2 Å². The summed E-state index contributed by atoms with van der Waals surface area (Å²) in [7, 11) is 0. The van der Waals surface area contributed by atoms with E-state index >= 15 is 0 Å². The first-order valence-electron chi connectivity index (χ1n) is 27.6. The Bertz CT molecular complexity index is 3270. The molecular weight excluding hydrogens is 879 g/mol. The Morgan fingerprint density at radius 1 is 0.425 bits per heavy atom. The molecule has 0 heterocycles. The van der Waals surface area contributed by atoms with Crippen molar-refractivity contribution in [1.82, 2.24) is 0 Å². The molecule has 1 nitrogen and oxygen atoms in total. The first-order chi connectivity index (χ1) is 36.1. The quantitative estimate of drug-likeness (QED) is 0.0456. The second-order valence-corrected chi connectivity index (χ2v) is 20.5. The van der Waals surface area contributed by atoms with Gasteiger partial charge in [-0.15, -0.1) is 0 Å². The van der Waals surface area contributed by atoms with Gasteiger partial charge in [-0.2, -0.15) is 0 Å². The Kier molecular flexibility index (Phi) is 15.6. The highest BCUT2D eigenvalue weighted by Crippen LogP contribution is 2.58. The number of fused-ring (bicyclic) bond motifs is 6. The van der Waals surface area contributed by atoms with E-state index in [4.69, 9.17) is 0 Å². The fourth-order valence-corrected chi connectivity index (χ4v) is 12.4. The fraction of sp³-hybridized carbons (Fsp3) is 0.250. The highest BCUT2D eigenvalue weighted by Gasteiger charge is 2.47. The lowest BCUT2D eigenvalue weighted by atomic mass is 9.66. The Morgan fingerprint density at radius 2 is 0.945 bits per heavy atom. The summed E-state index contributed by atoms with van der Waals surface area (Å²) >= 11 is 0. The van der Waals surface area contributed by atoms with Crippen LogP contribution in [-0.2, 0) is 24.8 Å². The van der Waals surface area contributed by atoms with Crippen molar-refractivity contribution in [3.05, 3.63) is 251 Å². The van der Waals surface area contributed by atoms with Crippen molar-refractivity contribution in [2.75, 3.05) is 4.90 Å². The molecule has 0 amide bonds. The lowest BCUT2D eigenvalue weighted by Gasteiger charge is -2.37. The molecule has 0 unspecified atom stereocenters. The molecule has 1 aliphatic rings. The maximum absolute atomic E-state index is 4.14. The average Bonchev–Trinajstić information content (AvgIpc) is 3.76. The van der Waals surface area contributed by atoms with E-state index in [0.29, 0.717) is 6.54 Å². The van der Waals surface area contributed by atoms with Crippen molar-refractivity contribution in [3.8, 4) is 22.3 Å². The van der Waals surface area contributed by atoms with Crippen molar-refractivity contribution in [3.63, 3.8) is 0 Å². The molecule has 0 aliphatic heterocycles. The van der Waals surface area contributed by atoms with Crippen LogP contribution in [0.1, 0.15) is 141 Å². The zero-order valence-corrected chi connectivity index (χ0v) is 43.5. The number of rotatable bonds is 23. The molecular formula is C72H73N. The second kappa shape index (κ2) is 23.1. The van der Waals surface area contributed by atoms with Crippen LogP contribution in [0.2, 0.25) is 0 Å². The van der Waals surface area contributed by atoms with Gasteiger partial charge in [0, 0.05) is 23.5 Å². The normalized spacial score (nSPS) is 12.5. The Morgan fingerprint density at radius 3 is 1.59 bits per heavy atom. The van der Waals surface area contributed by atoms with Gasteiger partial charge in [0.15, 0.2) is 0 Å². The average molecular weight is 952 g/mol. The van der Waals surface area contributed by atoms with Gasteiger partial charge in [0.1, 0.15) is 0 Å². The zero-order valence-electron chi connectivity index (χ0n) is 43.5. The maximum Gasteiger partial charge on any atom is 0.0716 e. The smallest absolute Gasteiger partial charge is 0.0716 e. The summed E-state index contributed by atoms with van der Waals surface area (Å²) in [5.41, 5.74) is 18.6. The third-order valence-electron chi connectivity index (χ3n) is 16.0. The van der Waals surface area contributed by atoms with Crippen molar-refractivity contribution < 1.29 is 0 Å².